The van der Waals surface area contributed by atoms with Crippen molar-refractivity contribution in [3.63, 3.8) is 0 Å². The molecular formula is C15H19N3O2S. The Morgan fingerprint density at radius 1 is 1.24 bits per heavy atom. The molecule has 0 bridgehead atoms. The van der Waals surface area contributed by atoms with Crippen LogP contribution in [0.1, 0.15) is 19.3 Å². The van der Waals surface area contributed by atoms with Gasteiger partial charge < -0.3 is 5.32 Å². The first-order chi connectivity index (χ1) is 10.2. The summed E-state index contributed by atoms with van der Waals surface area (Å²) >= 11 is 1.87. The lowest BCUT2D eigenvalue weighted by atomic mass is 10.1. The van der Waals surface area contributed by atoms with Gasteiger partial charge in [0.1, 0.15) is 0 Å². The number of hydrogen-bond acceptors (Lipinski definition) is 5. The van der Waals surface area contributed by atoms with E-state index in [4.69, 9.17) is 0 Å². The van der Waals surface area contributed by atoms with Gasteiger partial charge in [-0.1, -0.05) is 6.42 Å². The maximum absolute atomic E-state index is 11.0. The molecule has 1 heterocycles. The number of hydrogen-bond donors (Lipinski definition) is 1. The third-order valence-electron chi connectivity index (χ3n) is 3.33. The number of aromatic nitrogens is 1. The predicted octanol–water partition coefficient (Wildman–Crippen LogP) is 4.09. The molecule has 0 aliphatic carbocycles. The minimum atomic E-state index is -0.353. The zero-order valence-electron chi connectivity index (χ0n) is 12.0. The van der Waals surface area contributed by atoms with Gasteiger partial charge >= 0.3 is 0 Å². The highest BCUT2D eigenvalue weighted by atomic mass is 32.2. The van der Waals surface area contributed by atoms with Crippen molar-refractivity contribution in [1.29, 1.82) is 0 Å². The fraction of sp³-hybridized carbons (Fsp3) is 0.400. The first-order valence-electron chi connectivity index (χ1n) is 6.98. The molecule has 0 atom stereocenters. The molecule has 0 aliphatic heterocycles. The Morgan fingerprint density at radius 2 is 2.10 bits per heavy atom. The van der Waals surface area contributed by atoms with Crippen LogP contribution in [0.25, 0.3) is 10.8 Å². The van der Waals surface area contributed by atoms with Crippen LogP contribution in [-0.2, 0) is 0 Å². The van der Waals surface area contributed by atoms with Crippen molar-refractivity contribution in [3.8, 4) is 0 Å². The Bertz CT molecular complexity index is 619. The summed E-state index contributed by atoms with van der Waals surface area (Å²) in [4.78, 5) is 14.8. The summed E-state index contributed by atoms with van der Waals surface area (Å²) in [5.74, 6) is 1.20. The van der Waals surface area contributed by atoms with Crippen molar-refractivity contribution in [3.05, 3.63) is 40.7 Å². The number of thioether (sulfide) groups is 1. The van der Waals surface area contributed by atoms with Gasteiger partial charge in [0.05, 0.1) is 10.3 Å². The molecule has 0 amide bonds. The molecule has 2 aromatic rings. The first-order valence-corrected chi connectivity index (χ1v) is 8.37. The highest BCUT2D eigenvalue weighted by Gasteiger charge is 2.13. The largest absolute Gasteiger partial charge is 0.384 e. The predicted molar refractivity (Wildman–Crippen MR) is 89.1 cm³/mol. The van der Waals surface area contributed by atoms with E-state index in [1.54, 1.807) is 30.6 Å². The van der Waals surface area contributed by atoms with Gasteiger partial charge in [0.15, 0.2) is 0 Å². The molecule has 0 unspecified atom stereocenters. The number of rotatable bonds is 8. The maximum Gasteiger partial charge on any atom is 0.277 e. The summed E-state index contributed by atoms with van der Waals surface area (Å²) in [5, 5.41) is 15.8. The fourth-order valence-corrected chi connectivity index (χ4v) is 2.75. The van der Waals surface area contributed by atoms with Crippen molar-refractivity contribution < 1.29 is 4.92 Å². The lowest BCUT2D eigenvalue weighted by molar-refractivity contribution is -0.383. The van der Waals surface area contributed by atoms with Crippen LogP contribution < -0.4 is 5.32 Å². The van der Waals surface area contributed by atoms with E-state index in [2.05, 4.69) is 16.6 Å². The van der Waals surface area contributed by atoms with Gasteiger partial charge in [0.25, 0.3) is 5.69 Å². The molecule has 0 spiro atoms. The van der Waals surface area contributed by atoms with E-state index in [1.807, 2.05) is 11.8 Å². The molecule has 0 saturated carbocycles. The quantitative estimate of drug-likeness (QED) is 0.452. The lowest BCUT2D eigenvalue weighted by Gasteiger charge is -2.09. The number of nitro benzene ring substituents is 1. The molecule has 1 N–H and O–H groups in total. The van der Waals surface area contributed by atoms with Crippen LogP contribution in [-0.4, -0.2) is 28.5 Å². The highest BCUT2D eigenvalue weighted by molar-refractivity contribution is 7.98. The number of unbranched alkanes of at least 4 members (excludes halogenated alkanes) is 2. The minimum absolute atomic E-state index is 0.123. The van der Waals surface area contributed by atoms with Crippen molar-refractivity contribution >= 4 is 33.9 Å². The summed E-state index contributed by atoms with van der Waals surface area (Å²) < 4.78 is 0. The average Bonchev–Trinajstić information content (AvgIpc) is 2.50. The average molecular weight is 305 g/mol. The second-order valence-electron chi connectivity index (χ2n) is 4.79. The second kappa shape index (κ2) is 7.83. The molecule has 2 rings (SSSR count). The van der Waals surface area contributed by atoms with Crippen LogP contribution in [0, 0.1) is 10.1 Å². The highest BCUT2D eigenvalue weighted by Crippen LogP contribution is 2.30. The summed E-state index contributed by atoms with van der Waals surface area (Å²) in [6.07, 6.45) is 8.90. The number of nitrogens with zero attached hydrogens (tertiary/aromatic N) is 2. The van der Waals surface area contributed by atoms with Gasteiger partial charge in [-0.05, 0) is 37.0 Å². The molecule has 0 aliphatic rings. The van der Waals surface area contributed by atoms with Crippen molar-refractivity contribution in [2.45, 2.75) is 19.3 Å². The Morgan fingerprint density at radius 3 is 2.86 bits per heavy atom. The number of non-ortho nitro benzene ring substituents is 1. The van der Waals surface area contributed by atoms with Crippen LogP contribution >= 0.6 is 11.8 Å². The molecule has 21 heavy (non-hydrogen) atoms. The molecule has 6 heteroatoms. The molecule has 1 aromatic carbocycles. The van der Waals surface area contributed by atoms with Crippen molar-refractivity contribution in [2.75, 3.05) is 23.9 Å². The van der Waals surface area contributed by atoms with E-state index in [0.29, 0.717) is 5.39 Å². The van der Waals surface area contributed by atoms with Gasteiger partial charge in [-0.2, -0.15) is 11.8 Å². The van der Waals surface area contributed by atoms with E-state index in [0.717, 1.165) is 24.0 Å². The molecule has 0 saturated heterocycles. The number of anilines is 1. The summed E-state index contributed by atoms with van der Waals surface area (Å²) in [6, 6.07) is 5.01. The van der Waals surface area contributed by atoms with Gasteiger partial charge in [0, 0.05) is 36.1 Å². The SMILES string of the molecule is CSCCCCCNc1ccc([N+](=O)[O-])c2ccncc12. The smallest absolute Gasteiger partial charge is 0.277 e. The number of nitro groups is 1. The standard InChI is InChI=1S/C15H19N3O2S/c1-21-10-4-2-3-8-17-14-5-6-15(18(19)20)12-7-9-16-11-13(12)14/h5-7,9,11,17H,2-4,8,10H2,1H3. The van der Waals surface area contributed by atoms with Crippen molar-refractivity contribution in [2.24, 2.45) is 0 Å². The topological polar surface area (TPSA) is 68.1 Å². The Kier molecular flexibility index (Phi) is 5.80. The van der Waals surface area contributed by atoms with E-state index in [1.165, 1.54) is 18.6 Å². The third kappa shape index (κ3) is 4.07. The van der Waals surface area contributed by atoms with E-state index in [9.17, 15) is 10.1 Å². The van der Waals surface area contributed by atoms with E-state index in [-0.39, 0.29) is 10.6 Å². The number of fused-ring (bicyclic) bond motifs is 1. The second-order valence-corrected chi connectivity index (χ2v) is 5.78. The van der Waals surface area contributed by atoms with E-state index < -0.39 is 0 Å². The minimum Gasteiger partial charge on any atom is -0.384 e. The zero-order valence-corrected chi connectivity index (χ0v) is 12.9. The van der Waals surface area contributed by atoms with Crippen LogP contribution in [0.5, 0.6) is 0 Å². The molecule has 112 valence electrons. The third-order valence-corrected chi connectivity index (χ3v) is 4.03. The molecule has 5 nitrogen and oxygen atoms in total. The Balaban J connectivity index is 2.07. The van der Waals surface area contributed by atoms with Gasteiger partial charge in [-0.25, -0.2) is 0 Å². The maximum atomic E-state index is 11.0. The Labute approximate surface area is 128 Å². The van der Waals surface area contributed by atoms with Gasteiger partial charge in [0.2, 0.25) is 0 Å². The number of nitrogens with one attached hydrogen (secondary N) is 1. The molecular weight excluding hydrogens is 286 g/mol. The van der Waals surface area contributed by atoms with Gasteiger partial charge in [-0.3, -0.25) is 15.1 Å². The van der Waals surface area contributed by atoms with Crippen LogP contribution in [0.3, 0.4) is 0 Å². The molecule has 0 fully saturated rings. The molecule has 0 radical (unpaired) electrons. The number of benzene rings is 1. The first kappa shape index (κ1) is 15.6. The van der Waals surface area contributed by atoms with E-state index >= 15 is 0 Å². The number of pyridine rings is 1. The van der Waals surface area contributed by atoms with Crippen LogP contribution in [0.2, 0.25) is 0 Å². The van der Waals surface area contributed by atoms with Crippen LogP contribution in [0.15, 0.2) is 30.6 Å². The van der Waals surface area contributed by atoms with Gasteiger partial charge in [-0.15, -0.1) is 0 Å². The Hall–Kier alpha value is -1.82. The van der Waals surface area contributed by atoms with Crippen LogP contribution in [0.4, 0.5) is 11.4 Å². The summed E-state index contributed by atoms with van der Waals surface area (Å²) in [7, 11) is 0. The lowest BCUT2D eigenvalue weighted by Crippen LogP contribution is -2.03. The monoisotopic (exact) mass is 305 g/mol. The molecule has 1 aromatic heterocycles. The zero-order chi connectivity index (χ0) is 15.1. The fourth-order valence-electron chi connectivity index (χ4n) is 2.26. The summed E-state index contributed by atoms with van der Waals surface area (Å²) in [5.41, 5.74) is 1.03. The van der Waals surface area contributed by atoms with Crippen molar-refractivity contribution in [1.82, 2.24) is 4.98 Å². The normalized spacial score (nSPS) is 10.7. The summed E-state index contributed by atoms with van der Waals surface area (Å²) in [6.45, 7) is 0.871.